The number of hydrogen-bond donors (Lipinski definition) is 1. The summed E-state index contributed by atoms with van der Waals surface area (Å²) in [6.45, 7) is 3.92. The third-order valence-electron chi connectivity index (χ3n) is 4.10. The van der Waals surface area contributed by atoms with Crippen molar-refractivity contribution < 1.29 is 22.5 Å². The van der Waals surface area contributed by atoms with Gasteiger partial charge in [-0.3, -0.25) is 0 Å². The van der Waals surface area contributed by atoms with Gasteiger partial charge in [-0.2, -0.15) is 4.98 Å². The molecule has 0 saturated carbocycles. The zero-order chi connectivity index (χ0) is 21.2. The summed E-state index contributed by atoms with van der Waals surface area (Å²) in [7, 11) is -4.07. The van der Waals surface area contributed by atoms with Gasteiger partial charge in [0.05, 0.1) is 10.6 Å². The quantitative estimate of drug-likeness (QED) is 0.587. The summed E-state index contributed by atoms with van der Waals surface area (Å²) in [6.07, 6.45) is 0. The predicted molar refractivity (Wildman–Crippen MR) is 106 cm³/mol. The van der Waals surface area contributed by atoms with Gasteiger partial charge in [0.2, 0.25) is 15.8 Å². The summed E-state index contributed by atoms with van der Waals surface area (Å²) >= 11 is 5.80. The van der Waals surface area contributed by atoms with E-state index in [1.165, 1.54) is 17.7 Å². The summed E-state index contributed by atoms with van der Waals surface area (Å²) in [5, 5.41) is 8.87. The Morgan fingerprint density at radius 3 is 2.52 bits per heavy atom. The summed E-state index contributed by atoms with van der Waals surface area (Å²) in [4.78, 5) is 16.0. The first-order chi connectivity index (χ1) is 13.6. The Balaban J connectivity index is 1.69. The molecule has 0 aliphatic heterocycles. The van der Waals surface area contributed by atoms with Crippen molar-refractivity contribution in [2.24, 2.45) is 5.14 Å². The van der Waals surface area contributed by atoms with Gasteiger partial charge in [-0.25, -0.2) is 18.4 Å². The van der Waals surface area contributed by atoms with E-state index in [4.69, 9.17) is 26.0 Å². The van der Waals surface area contributed by atoms with Crippen molar-refractivity contribution in [1.82, 2.24) is 10.1 Å². The van der Waals surface area contributed by atoms with Gasteiger partial charge in [0.25, 0.3) is 5.89 Å². The Labute approximate surface area is 172 Å². The number of carbonyl (C=O) groups excluding carboxylic acids is 1. The predicted octanol–water partition coefficient (Wildman–Crippen LogP) is 3.52. The van der Waals surface area contributed by atoms with Gasteiger partial charge in [-0.15, -0.1) is 0 Å². The number of ether oxygens (including phenoxy) is 1. The van der Waals surface area contributed by atoms with Crippen molar-refractivity contribution in [3.63, 3.8) is 0 Å². The Bertz CT molecular complexity index is 1140. The molecule has 0 saturated heterocycles. The van der Waals surface area contributed by atoms with Crippen molar-refractivity contribution >= 4 is 27.6 Å². The molecule has 10 heteroatoms. The Hall–Kier alpha value is -2.75. The molecule has 1 aromatic heterocycles. The van der Waals surface area contributed by atoms with Crippen molar-refractivity contribution in [1.29, 1.82) is 0 Å². The van der Waals surface area contributed by atoms with E-state index in [9.17, 15) is 13.2 Å². The second-order valence-corrected chi connectivity index (χ2v) is 8.49. The van der Waals surface area contributed by atoms with Crippen LogP contribution in [0.3, 0.4) is 0 Å². The first-order valence-corrected chi connectivity index (χ1v) is 10.5. The highest BCUT2D eigenvalue weighted by atomic mass is 35.5. The van der Waals surface area contributed by atoms with Gasteiger partial charge in [0.15, 0.2) is 6.61 Å². The fraction of sp³-hybridized carbons (Fsp3) is 0.211. The molecule has 0 spiro atoms. The molecule has 3 aromatic rings. The van der Waals surface area contributed by atoms with Crippen LogP contribution in [-0.4, -0.2) is 24.5 Å². The highest BCUT2D eigenvalue weighted by molar-refractivity contribution is 7.89. The number of aromatic nitrogens is 2. The molecule has 0 atom stereocenters. The average Bonchev–Trinajstić information content (AvgIpc) is 3.14. The maximum atomic E-state index is 12.2. The third-order valence-corrected chi connectivity index (χ3v) is 5.50. The number of nitrogens with zero attached hydrogens (tertiary/aromatic N) is 2. The van der Waals surface area contributed by atoms with Crippen molar-refractivity contribution in [3.8, 4) is 11.4 Å². The lowest BCUT2D eigenvalue weighted by Crippen LogP contribution is -2.14. The minimum Gasteiger partial charge on any atom is -0.452 e. The third kappa shape index (κ3) is 5.00. The van der Waals surface area contributed by atoms with E-state index in [0.29, 0.717) is 11.7 Å². The first kappa shape index (κ1) is 21.0. The largest absolute Gasteiger partial charge is 0.452 e. The lowest BCUT2D eigenvalue weighted by atomic mass is 10.0. The van der Waals surface area contributed by atoms with Gasteiger partial charge < -0.3 is 9.26 Å². The van der Waals surface area contributed by atoms with E-state index in [0.717, 1.165) is 11.6 Å². The van der Waals surface area contributed by atoms with E-state index >= 15 is 0 Å². The lowest BCUT2D eigenvalue weighted by Gasteiger charge is -2.05. The fourth-order valence-corrected chi connectivity index (χ4v) is 3.58. The number of rotatable bonds is 6. The molecule has 152 valence electrons. The number of carbonyl (C=O) groups is 1. The van der Waals surface area contributed by atoms with E-state index in [1.54, 1.807) is 0 Å². The monoisotopic (exact) mass is 435 g/mol. The van der Waals surface area contributed by atoms with Crippen LogP contribution in [0.25, 0.3) is 11.4 Å². The zero-order valence-electron chi connectivity index (χ0n) is 15.6. The van der Waals surface area contributed by atoms with Crippen molar-refractivity contribution in [2.45, 2.75) is 31.3 Å². The first-order valence-electron chi connectivity index (χ1n) is 8.57. The number of primary sulfonamides is 1. The maximum absolute atomic E-state index is 12.2. The molecule has 0 bridgehead atoms. The van der Waals surface area contributed by atoms with Crippen LogP contribution in [0.4, 0.5) is 0 Å². The maximum Gasteiger partial charge on any atom is 0.338 e. The zero-order valence-corrected chi connectivity index (χ0v) is 17.2. The molecule has 29 heavy (non-hydrogen) atoms. The SMILES string of the molecule is CC(C)c1ccc(-c2noc(COC(=O)c3ccc(Cl)c(S(N)(=O)=O)c3)n2)cc1. The van der Waals surface area contributed by atoms with Gasteiger partial charge in [0, 0.05) is 5.56 Å². The van der Waals surface area contributed by atoms with Gasteiger partial charge in [0.1, 0.15) is 4.90 Å². The van der Waals surface area contributed by atoms with Crippen LogP contribution in [0.15, 0.2) is 51.9 Å². The fourth-order valence-electron chi connectivity index (χ4n) is 2.51. The number of sulfonamides is 1. The summed E-state index contributed by atoms with van der Waals surface area (Å²) in [5.41, 5.74) is 1.93. The Kier molecular flexibility index (Phi) is 6.02. The number of esters is 1. The van der Waals surface area contributed by atoms with E-state index in [1.807, 2.05) is 24.3 Å². The van der Waals surface area contributed by atoms with Crippen LogP contribution in [-0.2, 0) is 21.4 Å². The topological polar surface area (TPSA) is 125 Å². The molecule has 2 aromatic carbocycles. The molecule has 0 fully saturated rings. The molecule has 1 heterocycles. The minimum absolute atomic E-state index is 0.0255. The van der Waals surface area contributed by atoms with Crippen LogP contribution in [0.1, 0.15) is 41.6 Å². The Morgan fingerprint density at radius 2 is 1.90 bits per heavy atom. The van der Waals surface area contributed by atoms with Crippen molar-refractivity contribution in [3.05, 3.63) is 64.5 Å². The normalized spacial score (nSPS) is 11.6. The number of halogens is 1. The number of nitrogens with two attached hydrogens (primary N) is 1. The smallest absolute Gasteiger partial charge is 0.338 e. The second-order valence-electron chi connectivity index (χ2n) is 6.55. The molecule has 0 amide bonds. The summed E-state index contributed by atoms with van der Waals surface area (Å²) in [5.74, 6) is 0.0933. The highest BCUT2D eigenvalue weighted by Crippen LogP contribution is 2.23. The van der Waals surface area contributed by atoms with Crippen molar-refractivity contribution in [2.75, 3.05) is 0 Å². The van der Waals surface area contributed by atoms with Gasteiger partial charge in [-0.1, -0.05) is 54.9 Å². The molecule has 0 radical (unpaired) electrons. The summed E-state index contributed by atoms with van der Waals surface area (Å²) in [6, 6.07) is 11.4. The molecular formula is C19H18ClN3O5S. The van der Waals surface area contributed by atoms with Crippen LogP contribution in [0.2, 0.25) is 5.02 Å². The molecular weight excluding hydrogens is 418 g/mol. The van der Waals surface area contributed by atoms with Crippen LogP contribution in [0, 0.1) is 0 Å². The van der Waals surface area contributed by atoms with Crippen LogP contribution in [0.5, 0.6) is 0 Å². The molecule has 0 aliphatic rings. The minimum atomic E-state index is -4.07. The highest BCUT2D eigenvalue weighted by Gasteiger charge is 2.18. The standard InChI is InChI=1S/C19H18ClN3O5S/c1-11(2)12-3-5-13(6-4-12)18-22-17(28-23-18)10-27-19(24)14-7-8-15(20)16(9-14)29(21,25)26/h3-9,11H,10H2,1-2H3,(H2,21,25,26). The van der Waals surface area contributed by atoms with Crippen LogP contribution < -0.4 is 5.14 Å². The lowest BCUT2D eigenvalue weighted by molar-refractivity contribution is 0.0429. The van der Waals surface area contributed by atoms with E-state index in [-0.39, 0.29) is 28.0 Å². The molecule has 0 unspecified atom stereocenters. The average molecular weight is 436 g/mol. The number of benzene rings is 2. The summed E-state index contributed by atoms with van der Waals surface area (Å²) < 4.78 is 33.2. The molecule has 3 rings (SSSR count). The van der Waals surface area contributed by atoms with E-state index in [2.05, 4.69) is 24.0 Å². The van der Waals surface area contributed by atoms with Crippen LogP contribution >= 0.6 is 11.6 Å². The number of hydrogen-bond acceptors (Lipinski definition) is 7. The molecule has 2 N–H and O–H groups in total. The van der Waals surface area contributed by atoms with Gasteiger partial charge in [-0.05, 0) is 29.7 Å². The molecule has 8 nitrogen and oxygen atoms in total. The van der Waals surface area contributed by atoms with E-state index < -0.39 is 16.0 Å². The second kappa shape index (κ2) is 8.32. The molecule has 0 aliphatic carbocycles. The van der Waals surface area contributed by atoms with Gasteiger partial charge >= 0.3 is 5.97 Å². The Morgan fingerprint density at radius 1 is 1.21 bits per heavy atom.